The lowest BCUT2D eigenvalue weighted by Crippen LogP contribution is -2.39. The van der Waals surface area contributed by atoms with E-state index in [1.54, 1.807) is 0 Å². The summed E-state index contributed by atoms with van der Waals surface area (Å²) in [7, 11) is 0. The van der Waals surface area contributed by atoms with Gasteiger partial charge in [0, 0.05) is 6.04 Å². The molecule has 0 saturated heterocycles. The molecule has 0 aliphatic heterocycles. The maximum Gasteiger partial charge on any atom is 0.326 e. The second-order valence-corrected chi connectivity index (χ2v) is 6.57. The third-order valence-corrected chi connectivity index (χ3v) is 4.72. The molecule has 132 valence electrons. The lowest BCUT2D eigenvalue weighted by Gasteiger charge is -2.29. The third-order valence-electron chi connectivity index (χ3n) is 4.72. The summed E-state index contributed by atoms with van der Waals surface area (Å²) >= 11 is 0. The number of aromatic hydroxyl groups is 1. The minimum Gasteiger partial charge on any atom is -0.501 e. The summed E-state index contributed by atoms with van der Waals surface area (Å²) in [4.78, 5) is 38.9. The Morgan fingerprint density at radius 3 is 2.56 bits per heavy atom. The van der Waals surface area contributed by atoms with Crippen molar-refractivity contribution in [2.24, 2.45) is 0 Å². The first-order chi connectivity index (χ1) is 11.9. The third kappa shape index (κ3) is 3.81. The fourth-order valence-electron chi connectivity index (χ4n) is 3.40. The van der Waals surface area contributed by atoms with Crippen molar-refractivity contribution in [3.63, 3.8) is 0 Å². The van der Waals surface area contributed by atoms with Crippen LogP contribution in [0.15, 0.2) is 33.9 Å². The van der Waals surface area contributed by atoms with Gasteiger partial charge < -0.3 is 10.4 Å². The predicted molar refractivity (Wildman–Crippen MR) is 93.0 cm³/mol. The van der Waals surface area contributed by atoms with Crippen LogP contribution in [0, 0.1) is 6.92 Å². The van der Waals surface area contributed by atoms with Gasteiger partial charge in [-0.1, -0.05) is 29.8 Å². The average Bonchev–Trinajstić information content (AvgIpc) is 2.58. The van der Waals surface area contributed by atoms with E-state index in [1.807, 2.05) is 4.98 Å². The molecule has 0 bridgehead atoms. The summed E-state index contributed by atoms with van der Waals surface area (Å²) in [6.45, 7) is 2.07. The number of aromatic amines is 2. The molecular weight excluding hydrogens is 322 g/mol. The Balaban J connectivity index is 1.64. The fourth-order valence-corrected chi connectivity index (χ4v) is 3.40. The van der Waals surface area contributed by atoms with Gasteiger partial charge in [0.05, 0.1) is 0 Å². The fraction of sp³-hybridized carbons (Fsp3) is 0.389. The zero-order chi connectivity index (χ0) is 18.0. The van der Waals surface area contributed by atoms with Gasteiger partial charge in [0.25, 0.3) is 11.5 Å². The number of amides is 1. The molecule has 0 spiro atoms. The molecular formula is C18H21N3O4. The van der Waals surface area contributed by atoms with E-state index in [4.69, 9.17) is 0 Å². The summed E-state index contributed by atoms with van der Waals surface area (Å²) in [5, 5.41) is 12.5. The van der Waals surface area contributed by atoms with Gasteiger partial charge in [0.15, 0.2) is 5.69 Å². The molecule has 1 aromatic heterocycles. The second-order valence-electron chi connectivity index (χ2n) is 6.57. The van der Waals surface area contributed by atoms with Crippen LogP contribution in [0.1, 0.15) is 53.2 Å². The van der Waals surface area contributed by atoms with E-state index in [0.717, 1.165) is 25.7 Å². The molecule has 2 aromatic rings. The standard InChI is InChI=1S/C18H21N3O4/c1-10-3-2-4-12(9-10)11-5-7-13(8-6-11)19-16(23)14-15(22)17(24)21-18(25)20-14/h2-4,9,11,13,22H,5-8H2,1H3,(H,19,23)(H2,20,21,24,25)/t11-,13+. The van der Waals surface area contributed by atoms with Gasteiger partial charge >= 0.3 is 5.69 Å². The Hall–Kier alpha value is -2.83. The maximum absolute atomic E-state index is 12.2. The van der Waals surface area contributed by atoms with Gasteiger partial charge in [-0.05, 0) is 44.1 Å². The van der Waals surface area contributed by atoms with Gasteiger partial charge in [-0.2, -0.15) is 0 Å². The first kappa shape index (κ1) is 17.0. The van der Waals surface area contributed by atoms with Crippen molar-refractivity contribution >= 4 is 5.91 Å². The normalized spacial score (nSPS) is 20.2. The quantitative estimate of drug-likeness (QED) is 0.676. The highest BCUT2D eigenvalue weighted by Crippen LogP contribution is 2.33. The first-order valence-corrected chi connectivity index (χ1v) is 8.37. The number of carbonyl (C=O) groups excluding carboxylic acids is 1. The Kier molecular flexibility index (Phi) is 4.74. The molecule has 1 amide bonds. The van der Waals surface area contributed by atoms with Crippen molar-refractivity contribution in [1.82, 2.24) is 15.3 Å². The zero-order valence-corrected chi connectivity index (χ0v) is 14.0. The molecule has 7 heteroatoms. The highest BCUT2D eigenvalue weighted by molar-refractivity contribution is 5.94. The molecule has 0 atom stereocenters. The van der Waals surface area contributed by atoms with Crippen LogP contribution in [-0.2, 0) is 0 Å². The van der Waals surface area contributed by atoms with Gasteiger partial charge in [-0.15, -0.1) is 0 Å². The molecule has 4 N–H and O–H groups in total. The number of hydrogen-bond acceptors (Lipinski definition) is 4. The Labute approximate surface area is 144 Å². The van der Waals surface area contributed by atoms with Crippen LogP contribution in [0.2, 0.25) is 0 Å². The van der Waals surface area contributed by atoms with E-state index in [-0.39, 0.29) is 6.04 Å². The van der Waals surface area contributed by atoms with Crippen LogP contribution in [0.25, 0.3) is 0 Å². The van der Waals surface area contributed by atoms with E-state index < -0.39 is 28.6 Å². The molecule has 0 radical (unpaired) electrons. The molecule has 1 saturated carbocycles. The smallest absolute Gasteiger partial charge is 0.326 e. The van der Waals surface area contributed by atoms with Crippen LogP contribution >= 0.6 is 0 Å². The molecule has 1 heterocycles. The number of rotatable bonds is 3. The van der Waals surface area contributed by atoms with Gasteiger partial charge in [0.2, 0.25) is 5.75 Å². The van der Waals surface area contributed by atoms with E-state index >= 15 is 0 Å². The van der Waals surface area contributed by atoms with Crippen LogP contribution in [0.5, 0.6) is 5.75 Å². The van der Waals surface area contributed by atoms with Crippen molar-refractivity contribution in [3.05, 3.63) is 61.9 Å². The monoisotopic (exact) mass is 343 g/mol. The summed E-state index contributed by atoms with van der Waals surface area (Å²) in [6.07, 6.45) is 3.51. The summed E-state index contributed by atoms with van der Waals surface area (Å²) in [5.74, 6) is -0.939. The lowest BCUT2D eigenvalue weighted by atomic mass is 9.81. The predicted octanol–water partition coefficient (Wildman–Crippen LogP) is 1.53. The van der Waals surface area contributed by atoms with Gasteiger partial charge in [-0.3, -0.25) is 19.6 Å². The molecule has 3 rings (SSSR count). The largest absolute Gasteiger partial charge is 0.501 e. The number of aromatic nitrogens is 2. The van der Waals surface area contributed by atoms with Crippen molar-refractivity contribution in [1.29, 1.82) is 0 Å². The van der Waals surface area contributed by atoms with E-state index in [1.165, 1.54) is 11.1 Å². The van der Waals surface area contributed by atoms with Crippen LogP contribution in [-0.4, -0.2) is 27.0 Å². The first-order valence-electron chi connectivity index (χ1n) is 8.37. The van der Waals surface area contributed by atoms with Gasteiger partial charge in [0.1, 0.15) is 0 Å². The molecule has 7 nitrogen and oxygen atoms in total. The molecule has 1 aliphatic rings. The van der Waals surface area contributed by atoms with Crippen LogP contribution in [0.3, 0.4) is 0 Å². The van der Waals surface area contributed by atoms with E-state index in [0.29, 0.717) is 5.92 Å². The Bertz CT molecular complexity index is 892. The summed E-state index contributed by atoms with van der Waals surface area (Å²) in [5.41, 5.74) is 0.366. The van der Waals surface area contributed by atoms with Crippen molar-refractivity contribution in [3.8, 4) is 5.75 Å². The number of nitrogens with one attached hydrogen (secondary N) is 3. The summed E-state index contributed by atoms with van der Waals surface area (Å²) < 4.78 is 0. The highest BCUT2D eigenvalue weighted by Gasteiger charge is 2.25. The van der Waals surface area contributed by atoms with Crippen LogP contribution < -0.4 is 16.6 Å². The average molecular weight is 343 g/mol. The Morgan fingerprint density at radius 1 is 1.16 bits per heavy atom. The maximum atomic E-state index is 12.2. The van der Waals surface area contributed by atoms with Crippen molar-refractivity contribution in [2.75, 3.05) is 0 Å². The Morgan fingerprint density at radius 2 is 1.88 bits per heavy atom. The van der Waals surface area contributed by atoms with Crippen molar-refractivity contribution < 1.29 is 9.90 Å². The minimum absolute atomic E-state index is 0.0456. The SMILES string of the molecule is Cc1cccc([C@H]2CC[C@@H](NC(=O)c3[nH]c(=O)[nH]c(=O)c3O)CC2)c1. The number of H-pyrrole nitrogens is 2. The molecule has 1 fully saturated rings. The minimum atomic E-state index is -0.975. The topological polar surface area (TPSA) is 115 Å². The van der Waals surface area contributed by atoms with Gasteiger partial charge in [-0.25, -0.2) is 4.79 Å². The van der Waals surface area contributed by atoms with E-state index in [9.17, 15) is 19.5 Å². The molecule has 1 aliphatic carbocycles. The number of aryl methyl sites for hydroxylation is 1. The molecule has 0 unspecified atom stereocenters. The number of hydrogen-bond donors (Lipinski definition) is 4. The van der Waals surface area contributed by atoms with Crippen LogP contribution in [0.4, 0.5) is 0 Å². The summed E-state index contributed by atoms with van der Waals surface area (Å²) in [6, 6.07) is 8.42. The highest BCUT2D eigenvalue weighted by atomic mass is 16.3. The molecule has 25 heavy (non-hydrogen) atoms. The number of carbonyl (C=O) groups is 1. The lowest BCUT2D eigenvalue weighted by molar-refractivity contribution is 0.0917. The number of benzene rings is 1. The van der Waals surface area contributed by atoms with E-state index in [2.05, 4.69) is 41.5 Å². The van der Waals surface area contributed by atoms with Crippen molar-refractivity contribution in [2.45, 2.75) is 44.6 Å². The molecule has 1 aromatic carbocycles. The zero-order valence-electron chi connectivity index (χ0n) is 14.0. The second kappa shape index (κ2) is 6.96.